The maximum Gasteiger partial charge on any atom is 0.234 e. The van der Waals surface area contributed by atoms with Gasteiger partial charge in [0.15, 0.2) is 0 Å². The SMILES string of the molecule is N#CCCNC(=O)CN(Cc1ccc(Br)cc1)C1CC1. The summed E-state index contributed by atoms with van der Waals surface area (Å²) >= 11 is 3.42. The van der Waals surface area contributed by atoms with Gasteiger partial charge in [0.25, 0.3) is 0 Å². The zero-order valence-corrected chi connectivity index (χ0v) is 12.9. The van der Waals surface area contributed by atoms with E-state index in [0.29, 0.717) is 25.6 Å². The summed E-state index contributed by atoms with van der Waals surface area (Å²) in [4.78, 5) is 14.0. The number of hydrogen-bond donors (Lipinski definition) is 1. The Morgan fingerprint density at radius 2 is 2.10 bits per heavy atom. The average Bonchev–Trinajstić information content (AvgIpc) is 3.25. The number of carbonyl (C=O) groups excluding carboxylic acids is 1. The zero-order chi connectivity index (χ0) is 14.4. The monoisotopic (exact) mass is 335 g/mol. The second-order valence-corrected chi connectivity index (χ2v) is 5.94. The first-order chi connectivity index (χ1) is 9.69. The lowest BCUT2D eigenvalue weighted by atomic mass is 10.2. The molecule has 0 radical (unpaired) electrons. The minimum absolute atomic E-state index is 0.00395. The number of halogens is 1. The van der Waals surface area contributed by atoms with Crippen LogP contribution in [0.2, 0.25) is 0 Å². The molecule has 0 bridgehead atoms. The van der Waals surface area contributed by atoms with Crippen LogP contribution in [0.1, 0.15) is 24.8 Å². The molecule has 0 saturated heterocycles. The topological polar surface area (TPSA) is 56.1 Å². The molecule has 106 valence electrons. The fourth-order valence-corrected chi connectivity index (χ4v) is 2.34. The van der Waals surface area contributed by atoms with Crippen LogP contribution in [-0.2, 0) is 11.3 Å². The molecule has 1 aromatic rings. The highest BCUT2D eigenvalue weighted by Crippen LogP contribution is 2.28. The summed E-state index contributed by atoms with van der Waals surface area (Å²) in [6.45, 7) is 1.64. The van der Waals surface area contributed by atoms with Crippen LogP contribution in [0.15, 0.2) is 28.7 Å². The van der Waals surface area contributed by atoms with E-state index in [2.05, 4.69) is 38.3 Å². The third-order valence-electron chi connectivity index (χ3n) is 3.27. The predicted molar refractivity (Wildman–Crippen MR) is 80.8 cm³/mol. The lowest BCUT2D eigenvalue weighted by Crippen LogP contribution is -2.38. The van der Waals surface area contributed by atoms with Gasteiger partial charge in [0.2, 0.25) is 5.91 Å². The zero-order valence-electron chi connectivity index (χ0n) is 11.3. The van der Waals surface area contributed by atoms with Gasteiger partial charge in [-0.25, -0.2) is 0 Å². The molecule has 0 aromatic heterocycles. The van der Waals surface area contributed by atoms with Crippen LogP contribution < -0.4 is 5.32 Å². The standard InChI is InChI=1S/C15H18BrN3O/c16-13-4-2-12(3-5-13)10-19(14-6-7-14)11-15(20)18-9-1-8-17/h2-5,14H,1,6-7,9-11H2,(H,18,20). The molecule has 0 aliphatic heterocycles. The van der Waals surface area contributed by atoms with E-state index in [-0.39, 0.29) is 5.91 Å². The highest BCUT2D eigenvalue weighted by molar-refractivity contribution is 9.10. The number of benzene rings is 1. The fourth-order valence-electron chi connectivity index (χ4n) is 2.08. The number of hydrogen-bond acceptors (Lipinski definition) is 3. The Kier molecular flexibility index (Phi) is 5.57. The van der Waals surface area contributed by atoms with Crippen molar-refractivity contribution in [3.05, 3.63) is 34.3 Å². The summed E-state index contributed by atoms with van der Waals surface area (Å²) in [6, 6.07) is 10.7. The van der Waals surface area contributed by atoms with Gasteiger partial charge in [-0.15, -0.1) is 0 Å². The number of amides is 1. The summed E-state index contributed by atoms with van der Waals surface area (Å²) in [5.74, 6) is 0.00395. The Balaban J connectivity index is 1.86. The largest absolute Gasteiger partial charge is 0.354 e. The van der Waals surface area contributed by atoms with Crippen molar-refractivity contribution in [1.29, 1.82) is 5.26 Å². The van der Waals surface area contributed by atoms with E-state index < -0.39 is 0 Å². The smallest absolute Gasteiger partial charge is 0.234 e. The predicted octanol–water partition coefficient (Wildman–Crippen LogP) is 2.44. The molecule has 4 nitrogen and oxygen atoms in total. The van der Waals surface area contributed by atoms with E-state index in [1.807, 2.05) is 18.2 Å². The quantitative estimate of drug-likeness (QED) is 0.778. The molecule has 1 aliphatic carbocycles. The average molecular weight is 336 g/mol. The van der Waals surface area contributed by atoms with Gasteiger partial charge in [0.05, 0.1) is 19.0 Å². The van der Waals surface area contributed by atoms with Crippen LogP contribution in [0, 0.1) is 11.3 Å². The summed E-state index contributed by atoms with van der Waals surface area (Å²) < 4.78 is 1.06. The molecule has 1 aromatic carbocycles. The Morgan fingerprint density at radius 3 is 2.70 bits per heavy atom. The van der Waals surface area contributed by atoms with Crippen molar-refractivity contribution in [3.63, 3.8) is 0 Å². The van der Waals surface area contributed by atoms with Gasteiger partial charge in [-0.1, -0.05) is 28.1 Å². The Labute approximate surface area is 127 Å². The van der Waals surface area contributed by atoms with Crippen LogP contribution >= 0.6 is 15.9 Å². The maximum absolute atomic E-state index is 11.8. The minimum Gasteiger partial charge on any atom is -0.354 e. The first-order valence-corrected chi connectivity index (χ1v) is 7.60. The molecular weight excluding hydrogens is 318 g/mol. The van der Waals surface area contributed by atoms with Crippen LogP contribution in [0.3, 0.4) is 0 Å². The molecule has 2 rings (SSSR count). The van der Waals surface area contributed by atoms with Crippen molar-refractivity contribution in [3.8, 4) is 6.07 Å². The molecule has 1 saturated carbocycles. The number of nitrogens with zero attached hydrogens (tertiary/aromatic N) is 2. The van der Waals surface area contributed by atoms with E-state index in [4.69, 9.17) is 5.26 Å². The first kappa shape index (κ1) is 15.0. The summed E-state index contributed by atoms with van der Waals surface area (Å²) in [7, 11) is 0. The van der Waals surface area contributed by atoms with E-state index >= 15 is 0 Å². The normalized spacial score (nSPS) is 14.1. The van der Waals surface area contributed by atoms with Gasteiger partial charge < -0.3 is 5.32 Å². The maximum atomic E-state index is 11.8. The summed E-state index contributed by atoms with van der Waals surface area (Å²) in [6.07, 6.45) is 2.70. The lowest BCUT2D eigenvalue weighted by molar-refractivity contribution is -0.122. The second kappa shape index (κ2) is 7.41. The van der Waals surface area contributed by atoms with Crippen molar-refractivity contribution >= 4 is 21.8 Å². The van der Waals surface area contributed by atoms with Gasteiger partial charge in [-0.3, -0.25) is 9.69 Å². The lowest BCUT2D eigenvalue weighted by Gasteiger charge is -2.21. The van der Waals surface area contributed by atoms with Crippen molar-refractivity contribution in [2.75, 3.05) is 13.1 Å². The van der Waals surface area contributed by atoms with Gasteiger partial charge >= 0.3 is 0 Å². The molecule has 0 spiro atoms. The molecular formula is C15H18BrN3O. The molecule has 0 heterocycles. The summed E-state index contributed by atoms with van der Waals surface area (Å²) in [5, 5.41) is 11.2. The molecule has 1 N–H and O–H groups in total. The number of nitriles is 1. The number of carbonyl (C=O) groups is 1. The van der Waals surface area contributed by atoms with E-state index in [1.165, 1.54) is 18.4 Å². The van der Waals surface area contributed by atoms with Gasteiger partial charge in [-0.05, 0) is 30.5 Å². The Hall–Kier alpha value is -1.38. The first-order valence-electron chi connectivity index (χ1n) is 6.81. The molecule has 0 atom stereocenters. The second-order valence-electron chi connectivity index (χ2n) is 5.02. The summed E-state index contributed by atoms with van der Waals surface area (Å²) in [5.41, 5.74) is 1.21. The molecule has 0 unspecified atom stereocenters. The number of nitrogens with one attached hydrogen (secondary N) is 1. The van der Waals surface area contributed by atoms with Crippen LogP contribution in [-0.4, -0.2) is 29.9 Å². The molecule has 1 aliphatic rings. The van der Waals surface area contributed by atoms with Crippen molar-refractivity contribution in [2.24, 2.45) is 0 Å². The highest BCUT2D eigenvalue weighted by atomic mass is 79.9. The van der Waals surface area contributed by atoms with Crippen molar-refractivity contribution in [1.82, 2.24) is 10.2 Å². The molecule has 1 amide bonds. The fraction of sp³-hybridized carbons (Fsp3) is 0.467. The van der Waals surface area contributed by atoms with Gasteiger partial charge in [0, 0.05) is 23.6 Å². The third-order valence-corrected chi connectivity index (χ3v) is 3.80. The van der Waals surface area contributed by atoms with Crippen LogP contribution in [0.25, 0.3) is 0 Å². The third kappa shape index (κ3) is 4.95. The molecule has 1 fully saturated rings. The van der Waals surface area contributed by atoms with E-state index in [9.17, 15) is 4.79 Å². The molecule has 5 heteroatoms. The Bertz CT molecular complexity index is 491. The van der Waals surface area contributed by atoms with Crippen molar-refractivity contribution in [2.45, 2.75) is 31.8 Å². The van der Waals surface area contributed by atoms with Crippen molar-refractivity contribution < 1.29 is 4.79 Å². The van der Waals surface area contributed by atoms with E-state index in [1.54, 1.807) is 0 Å². The van der Waals surface area contributed by atoms with Crippen LogP contribution in [0.4, 0.5) is 0 Å². The van der Waals surface area contributed by atoms with Gasteiger partial charge in [0.1, 0.15) is 0 Å². The number of rotatable bonds is 7. The van der Waals surface area contributed by atoms with E-state index in [0.717, 1.165) is 11.0 Å². The highest BCUT2D eigenvalue weighted by Gasteiger charge is 2.30. The Morgan fingerprint density at radius 1 is 1.40 bits per heavy atom. The molecule has 20 heavy (non-hydrogen) atoms. The minimum atomic E-state index is 0.00395. The van der Waals surface area contributed by atoms with Crippen LogP contribution in [0.5, 0.6) is 0 Å². The van der Waals surface area contributed by atoms with Gasteiger partial charge in [-0.2, -0.15) is 5.26 Å².